The molecule has 0 amide bonds. The average molecular weight is 221 g/mol. The van der Waals surface area contributed by atoms with Crippen molar-refractivity contribution < 1.29 is 9.47 Å². The van der Waals surface area contributed by atoms with Gasteiger partial charge in [-0.15, -0.1) is 0 Å². The smallest absolute Gasteiger partial charge is 0.0713 e. The normalized spacial score (nSPS) is 17.9. The lowest BCUT2D eigenvalue weighted by Crippen LogP contribution is -2.45. The maximum absolute atomic E-state index is 5.23. The number of nitrogens with one attached hydrogen (secondary N) is 1. The van der Waals surface area contributed by atoms with Crippen molar-refractivity contribution in [2.45, 2.75) is 13.5 Å². The van der Waals surface area contributed by atoms with Crippen LogP contribution in [0.5, 0.6) is 0 Å². The molecule has 0 radical (unpaired) electrons. The van der Waals surface area contributed by atoms with Crippen LogP contribution in [0.2, 0.25) is 0 Å². The molecule has 16 heavy (non-hydrogen) atoms. The third-order valence-electron chi connectivity index (χ3n) is 2.86. The van der Waals surface area contributed by atoms with Crippen molar-refractivity contribution in [3.8, 4) is 0 Å². The van der Waals surface area contributed by atoms with Crippen molar-refractivity contribution in [2.24, 2.45) is 5.41 Å². The maximum Gasteiger partial charge on any atom is 0.0713 e. The van der Waals surface area contributed by atoms with E-state index in [1.54, 1.807) is 7.11 Å². The van der Waals surface area contributed by atoms with Crippen LogP contribution in [0.4, 0.5) is 5.69 Å². The van der Waals surface area contributed by atoms with E-state index in [2.05, 4.69) is 36.5 Å². The fourth-order valence-electron chi connectivity index (χ4n) is 1.81. The molecule has 1 N–H and O–H groups in total. The van der Waals surface area contributed by atoms with Crippen LogP contribution in [0.1, 0.15) is 12.5 Å². The van der Waals surface area contributed by atoms with Gasteiger partial charge in [0.05, 0.1) is 19.8 Å². The highest BCUT2D eigenvalue weighted by Gasteiger charge is 2.32. The molecule has 1 aliphatic heterocycles. The Bertz CT molecular complexity index is 348. The molecule has 1 saturated heterocycles. The summed E-state index contributed by atoms with van der Waals surface area (Å²) in [7, 11) is 1.72. The highest BCUT2D eigenvalue weighted by atomic mass is 16.5. The minimum Gasteiger partial charge on any atom is -0.384 e. The fourth-order valence-corrected chi connectivity index (χ4v) is 1.81. The lowest BCUT2D eigenvalue weighted by Gasteiger charge is -2.38. The standard InChI is InChI=1S/C13H19NO2/c1-13(9-16-10-13)8-14-12-5-3-4-11(6-12)7-15-2/h3-6,14H,7-10H2,1-2H3. The molecule has 2 rings (SSSR count). The summed E-state index contributed by atoms with van der Waals surface area (Å²) in [5, 5.41) is 3.45. The molecule has 88 valence electrons. The molecular weight excluding hydrogens is 202 g/mol. The van der Waals surface area contributed by atoms with Crippen molar-refractivity contribution in [2.75, 3.05) is 32.2 Å². The van der Waals surface area contributed by atoms with Gasteiger partial charge in [-0.2, -0.15) is 0 Å². The average Bonchev–Trinajstić information content (AvgIpc) is 2.25. The molecular formula is C13H19NO2. The first-order chi connectivity index (χ1) is 7.72. The van der Waals surface area contributed by atoms with Gasteiger partial charge >= 0.3 is 0 Å². The van der Waals surface area contributed by atoms with E-state index >= 15 is 0 Å². The van der Waals surface area contributed by atoms with Crippen LogP contribution in [-0.4, -0.2) is 26.9 Å². The predicted octanol–water partition coefficient (Wildman–Crippen LogP) is 2.28. The molecule has 0 atom stereocenters. The van der Waals surface area contributed by atoms with Crippen LogP contribution in [0, 0.1) is 5.41 Å². The van der Waals surface area contributed by atoms with Crippen molar-refractivity contribution in [3.05, 3.63) is 29.8 Å². The Morgan fingerprint density at radius 3 is 2.88 bits per heavy atom. The summed E-state index contributed by atoms with van der Waals surface area (Å²) < 4.78 is 10.3. The Labute approximate surface area is 96.8 Å². The molecule has 0 aromatic heterocycles. The first-order valence-electron chi connectivity index (χ1n) is 5.61. The van der Waals surface area contributed by atoms with E-state index in [0.717, 1.165) is 25.4 Å². The van der Waals surface area contributed by atoms with E-state index in [4.69, 9.17) is 9.47 Å². The van der Waals surface area contributed by atoms with Gasteiger partial charge in [-0.25, -0.2) is 0 Å². The van der Waals surface area contributed by atoms with Crippen molar-refractivity contribution >= 4 is 5.69 Å². The van der Waals surface area contributed by atoms with Gasteiger partial charge in [0.25, 0.3) is 0 Å². The topological polar surface area (TPSA) is 30.5 Å². The molecule has 1 aromatic carbocycles. The number of methoxy groups -OCH3 is 1. The second kappa shape index (κ2) is 4.85. The van der Waals surface area contributed by atoms with Gasteiger partial charge in [-0.05, 0) is 17.7 Å². The minimum atomic E-state index is 0.303. The van der Waals surface area contributed by atoms with Gasteiger partial charge in [-0.1, -0.05) is 19.1 Å². The van der Waals surface area contributed by atoms with Crippen molar-refractivity contribution in [3.63, 3.8) is 0 Å². The third-order valence-corrected chi connectivity index (χ3v) is 2.86. The first-order valence-corrected chi connectivity index (χ1v) is 5.61. The van der Waals surface area contributed by atoms with Crippen molar-refractivity contribution in [1.82, 2.24) is 0 Å². The highest BCUT2D eigenvalue weighted by molar-refractivity contribution is 5.45. The number of anilines is 1. The summed E-state index contributed by atoms with van der Waals surface area (Å²) in [6, 6.07) is 8.34. The molecule has 0 spiro atoms. The van der Waals surface area contributed by atoms with Crippen LogP contribution < -0.4 is 5.32 Å². The largest absolute Gasteiger partial charge is 0.384 e. The zero-order chi connectivity index (χ0) is 11.4. The lowest BCUT2D eigenvalue weighted by molar-refractivity contribution is -0.0924. The van der Waals surface area contributed by atoms with Gasteiger partial charge in [-0.3, -0.25) is 0 Å². The molecule has 1 fully saturated rings. The van der Waals surface area contributed by atoms with Gasteiger partial charge in [0, 0.05) is 24.8 Å². The Balaban J connectivity index is 1.90. The maximum atomic E-state index is 5.23. The summed E-state index contributed by atoms with van der Waals surface area (Å²) in [6.45, 7) is 5.58. The molecule has 3 heteroatoms. The molecule has 0 bridgehead atoms. The summed E-state index contributed by atoms with van der Waals surface area (Å²) in [5.41, 5.74) is 2.65. The van der Waals surface area contributed by atoms with Gasteiger partial charge < -0.3 is 14.8 Å². The van der Waals surface area contributed by atoms with Crippen LogP contribution in [0.3, 0.4) is 0 Å². The monoisotopic (exact) mass is 221 g/mol. The van der Waals surface area contributed by atoms with E-state index in [1.807, 2.05) is 0 Å². The van der Waals surface area contributed by atoms with E-state index < -0.39 is 0 Å². The number of rotatable bonds is 5. The van der Waals surface area contributed by atoms with Crippen molar-refractivity contribution in [1.29, 1.82) is 0 Å². The predicted molar refractivity (Wildman–Crippen MR) is 64.6 cm³/mol. The zero-order valence-electron chi connectivity index (χ0n) is 9.95. The number of hydrogen-bond donors (Lipinski definition) is 1. The highest BCUT2D eigenvalue weighted by Crippen LogP contribution is 2.26. The van der Waals surface area contributed by atoms with Crippen LogP contribution in [0.15, 0.2) is 24.3 Å². The van der Waals surface area contributed by atoms with E-state index in [0.29, 0.717) is 12.0 Å². The SMILES string of the molecule is COCc1cccc(NCC2(C)COC2)c1. The number of hydrogen-bond acceptors (Lipinski definition) is 3. The summed E-state index contributed by atoms with van der Waals surface area (Å²) >= 11 is 0. The van der Waals surface area contributed by atoms with E-state index in [-0.39, 0.29) is 0 Å². The quantitative estimate of drug-likeness (QED) is 0.827. The second-order valence-corrected chi connectivity index (χ2v) is 4.79. The molecule has 3 nitrogen and oxygen atoms in total. The van der Waals surface area contributed by atoms with Gasteiger partial charge in [0.15, 0.2) is 0 Å². The molecule has 1 heterocycles. The van der Waals surface area contributed by atoms with Gasteiger partial charge in [0.1, 0.15) is 0 Å². The molecule has 0 aliphatic carbocycles. The summed E-state index contributed by atoms with van der Waals surface area (Å²) in [6.07, 6.45) is 0. The van der Waals surface area contributed by atoms with E-state index in [1.165, 1.54) is 5.56 Å². The third kappa shape index (κ3) is 2.74. The first kappa shape index (κ1) is 11.4. The Kier molecular flexibility index (Phi) is 3.46. The second-order valence-electron chi connectivity index (χ2n) is 4.79. The zero-order valence-corrected chi connectivity index (χ0v) is 9.95. The van der Waals surface area contributed by atoms with Gasteiger partial charge in [0.2, 0.25) is 0 Å². The molecule has 1 aliphatic rings. The summed E-state index contributed by atoms with van der Waals surface area (Å²) in [4.78, 5) is 0. The Morgan fingerprint density at radius 1 is 1.44 bits per heavy atom. The molecule has 0 saturated carbocycles. The van der Waals surface area contributed by atoms with Crippen LogP contribution >= 0.6 is 0 Å². The van der Waals surface area contributed by atoms with Crippen LogP contribution in [-0.2, 0) is 16.1 Å². The van der Waals surface area contributed by atoms with Crippen LogP contribution in [0.25, 0.3) is 0 Å². The Morgan fingerprint density at radius 2 is 2.25 bits per heavy atom. The molecule has 1 aromatic rings. The Hall–Kier alpha value is -1.06. The minimum absolute atomic E-state index is 0.303. The number of ether oxygens (including phenoxy) is 2. The lowest BCUT2D eigenvalue weighted by atomic mass is 9.88. The number of benzene rings is 1. The fraction of sp³-hybridized carbons (Fsp3) is 0.538. The summed E-state index contributed by atoms with van der Waals surface area (Å²) in [5.74, 6) is 0. The molecule has 0 unspecified atom stereocenters. The van der Waals surface area contributed by atoms with E-state index in [9.17, 15) is 0 Å².